The van der Waals surface area contributed by atoms with Gasteiger partial charge in [0.2, 0.25) is 0 Å². The van der Waals surface area contributed by atoms with E-state index in [1.165, 1.54) is 21.6 Å². The highest BCUT2D eigenvalue weighted by Crippen LogP contribution is 2.31. The van der Waals surface area contributed by atoms with Gasteiger partial charge in [0.05, 0.1) is 0 Å². The summed E-state index contributed by atoms with van der Waals surface area (Å²) >= 11 is 1.62. The van der Waals surface area contributed by atoms with Gasteiger partial charge in [-0.15, -0.1) is 11.3 Å². The van der Waals surface area contributed by atoms with Crippen LogP contribution in [0, 0.1) is 13.8 Å². The highest BCUT2D eigenvalue weighted by molar-refractivity contribution is 7.19. The molecular formula is C18H16F2OS. The van der Waals surface area contributed by atoms with Crippen molar-refractivity contribution in [1.82, 2.24) is 0 Å². The Bertz CT molecular complexity index is 808. The minimum Gasteiger partial charge on any atom is -0.435 e. The van der Waals surface area contributed by atoms with Gasteiger partial charge in [0.1, 0.15) is 5.75 Å². The van der Waals surface area contributed by atoms with Gasteiger partial charge in [0.25, 0.3) is 0 Å². The van der Waals surface area contributed by atoms with E-state index < -0.39 is 6.61 Å². The van der Waals surface area contributed by atoms with Gasteiger partial charge in [-0.3, -0.25) is 0 Å². The van der Waals surface area contributed by atoms with Crippen LogP contribution in [0.4, 0.5) is 8.78 Å². The van der Waals surface area contributed by atoms with Crippen LogP contribution in [0.3, 0.4) is 0 Å². The van der Waals surface area contributed by atoms with E-state index in [4.69, 9.17) is 0 Å². The molecule has 3 aromatic rings. The van der Waals surface area contributed by atoms with Crippen molar-refractivity contribution in [2.24, 2.45) is 0 Å². The van der Waals surface area contributed by atoms with Crippen LogP contribution in [-0.4, -0.2) is 6.61 Å². The van der Waals surface area contributed by atoms with E-state index in [0.717, 1.165) is 16.5 Å². The molecule has 0 saturated carbocycles. The molecule has 22 heavy (non-hydrogen) atoms. The van der Waals surface area contributed by atoms with Crippen LogP contribution in [0.2, 0.25) is 0 Å². The summed E-state index contributed by atoms with van der Waals surface area (Å²) in [4.78, 5) is 1.22. The number of benzene rings is 2. The minimum absolute atomic E-state index is 0.211. The average Bonchev–Trinajstić information content (AvgIpc) is 2.84. The Morgan fingerprint density at radius 3 is 2.64 bits per heavy atom. The van der Waals surface area contributed by atoms with Crippen molar-refractivity contribution in [3.8, 4) is 5.75 Å². The van der Waals surface area contributed by atoms with Gasteiger partial charge in [0, 0.05) is 16.0 Å². The molecule has 0 aliphatic rings. The van der Waals surface area contributed by atoms with Crippen molar-refractivity contribution in [3.05, 3.63) is 64.0 Å². The molecule has 0 atom stereocenters. The fraction of sp³-hybridized carbons (Fsp3) is 0.222. The third-order valence-electron chi connectivity index (χ3n) is 3.64. The number of hydrogen-bond acceptors (Lipinski definition) is 2. The van der Waals surface area contributed by atoms with Crippen molar-refractivity contribution < 1.29 is 13.5 Å². The van der Waals surface area contributed by atoms with Crippen LogP contribution in [0.15, 0.2) is 42.5 Å². The first-order chi connectivity index (χ1) is 10.5. The quantitative estimate of drug-likeness (QED) is 0.598. The van der Waals surface area contributed by atoms with Crippen LogP contribution >= 0.6 is 11.3 Å². The van der Waals surface area contributed by atoms with E-state index in [1.807, 2.05) is 6.07 Å². The first-order valence-corrected chi connectivity index (χ1v) is 7.86. The van der Waals surface area contributed by atoms with Crippen molar-refractivity contribution >= 4 is 21.4 Å². The molecule has 1 nitrogen and oxygen atoms in total. The molecule has 2 aromatic carbocycles. The van der Waals surface area contributed by atoms with Crippen LogP contribution in [0.1, 0.15) is 21.6 Å². The van der Waals surface area contributed by atoms with Crippen LogP contribution in [-0.2, 0) is 6.42 Å². The zero-order valence-electron chi connectivity index (χ0n) is 12.4. The molecule has 0 N–H and O–H groups in total. The van der Waals surface area contributed by atoms with Gasteiger partial charge >= 0.3 is 6.61 Å². The standard InChI is InChI=1S/C18H16F2OS/c1-11-3-4-12(2)14(7-11)9-16-8-13-5-6-15(21-18(19)20)10-17(13)22-16/h3-8,10,18H,9H2,1-2H3. The zero-order valence-corrected chi connectivity index (χ0v) is 13.2. The van der Waals surface area contributed by atoms with Gasteiger partial charge < -0.3 is 4.74 Å². The number of hydrogen-bond donors (Lipinski definition) is 0. The Balaban J connectivity index is 1.90. The summed E-state index contributed by atoms with van der Waals surface area (Å²) in [6.07, 6.45) is 0.859. The second kappa shape index (κ2) is 6.05. The Morgan fingerprint density at radius 1 is 1.05 bits per heavy atom. The average molecular weight is 318 g/mol. The molecule has 0 fully saturated rings. The number of fused-ring (bicyclic) bond motifs is 1. The van der Waals surface area contributed by atoms with Crippen molar-refractivity contribution in [2.45, 2.75) is 26.9 Å². The fourth-order valence-corrected chi connectivity index (χ4v) is 3.62. The number of aryl methyl sites for hydroxylation is 2. The largest absolute Gasteiger partial charge is 0.435 e. The molecule has 1 aromatic heterocycles. The molecule has 1 heterocycles. The minimum atomic E-state index is -2.79. The summed E-state index contributed by atoms with van der Waals surface area (Å²) in [7, 11) is 0. The molecule has 0 bridgehead atoms. The maximum atomic E-state index is 12.3. The number of rotatable bonds is 4. The summed E-state index contributed by atoms with van der Waals surface area (Å²) in [6, 6.07) is 13.7. The molecule has 3 rings (SSSR count). The lowest BCUT2D eigenvalue weighted by Crippen LogP contribution is -2.01. The molecule has 0 radical (unpaired) electrons. The van der Waals surface area contributed by atoms with E-state index in [0.29, 0.717) is 0 Å². The predicted octanol–water partition coefficient (Wildman–Crippen LogP) is 5.71. The topological polar surface area (TPSA) is 9.23 Å². The molecule has 0 spiro atoms. The smallest absolute Gasteiger partial charge is 0.387 e. The van der Waals surface area contributed by atoms with E-state index in [-0.39, 0.29) is 5.75 Å². The van der Waals surface area contributed by atoms with Gasteiger partial charge in [-0.05, 0) is 54.6 Å². The summed E-state index contributed by atoms with van der Waals surface area (Å²) < 4.78 is 30.0. The normalized spacial score (nSPS) is 11.3. The number of thiophene rings is 1. The van der Waals surface area contributed by atoms with Gasteiger partial charge in [-0.25, -0.2) is 0 Å². The van der Waals surface area contributed by atoms with Crippen LogP contribution in [0.5, 0.6) is 5.75 Å². The van der Waals surface area contributed by atoms with E-state index >= 15 is 0 Å². The molecular weight excluding hydrogens is 302 g/mol. The number of halogens is 2. The SMILES string of the molecule is Cc1ccc(C)c(Cc2cc3ccc(OC(F)F)cc3s2)c1. The summed E-state index contributed by atoms with van der Waals surface area (Å²) in [5, 5.41) is 1.06. The number of ether oxygens (including phenoxy) is 1. The Hall–Kier alpha value is -1.94. The zero-order chi connectivity index (χ0) is 15.7. The van der Waals surface area contributed by atoms with E-state index in [9.17, 15) is 8.78 Å². The Kier molecular flexibility index (Phi) is 4.12. The molecule has 0 unspecified atom stereocenters. The molecule has 0 aliphatic carbocycles. The maximum Gasteiger partial charge on any atom is 0.387 e. The highest BCUT2D eigenvalue weighted by atomic mass is 32.1. The Labute approximate surface area is 132 Å². The van der Waals surface area contributed by atoms with Gasteiger partial charge in [0.15, 0.2) is 0 Å². The summed E-state index contributed by atoms with van der Waals surface area (Å²) in [5.41, 5.74) is 3.81. The lowest BCUT2D eigenvalue weighted by molar-refractivity contribution is -0.0497. The first kappa shape index (κ1) is 15.0. The van der Waals surface area contributed by atoms with Gasteiger partial charge in [-0.2, -0.15) is 8.78 Å². The second-order valence-corrected chi connectivity index (χ2v) is 6.57. The third kappa shape index (κ3) is 3.28. The lowest BCUT2D eigenvalue weighted by atomic mass is 10.0. The maximum absolute atomic E-state index is 12.3. The van der Waals surface area contributed by atoms with E-state index in [1.54, 1.807) is 23.5 Å². The van der Waals surface area contributed by atoms with Gasteiger partial charge in [-0.1, -0.05) is 23.8 Å². The molecule has 0 aliphatic heterocycles. The third-order valence-corrected chi connectivity index (χ3v) is 4.73. The first-order valence-electron chi connectivity index (χ1n) is 7.05. The van der Waals surface area contributed by atoms with Crippen molar-refractivity contribution in [1.29, 1.82) is 0 Å². The lowest BCUT2D eigenvalue weighted by Gasteiger charge is -2.05. The molecule has 0 amide bonds. The van der Waals surface area contributed by atoms with Crippen molar-refractivity contribution in [3.63, 3.8) is 0 Å². The highest BCUT2D eigenvalue weighted by Gasteiger charge is 2.09. The molecule has 114 valence electrons. The fourth-order valence-electron chi connectivity index (χ4n) is 2.51. The number of alkyl halides is 2. The molecule has 4 heteroatoms. The summed E-state index contributed by atoms with van der Waals surface area (Å²) in [6.45, 7) is 1.41. The monoisotopic (exact) mass is 318 g/mol. The second-order valence-electron chi connectivity index (χ2n) is 5.40. The van der Waals surface area contributed by atoms with Crippen LogP contribution in [0.25, 0.3) is 10.1 Å². The summed E-state index contributed by atoms with van der Waals surface area (Å²) in [5.74, 6) is 0.211. The predicted molar refractivity (Wildman–Crippen MR) is 87.2 cm³/mol. The van der Waals surface area contributed by atoms with E-state index in [2.05, 4.69) is 42.8 Å². The Morgan fingerprint density at radius 2 is 1.86 bits per heavy atom. The van der Waals surface area contributed by atoms with Crippen molar-refractivity contribution in [2.75, 3.05) is 0 Å². The molecule has 0 saturated heterocycles. The van der Waals surface area contributed by atoms with Crippen LogP contribution < -0.4 is 4.74 Å².